The second-order valence-corrected chi connectivity index (χ2v) is 5.25. The van der Waals surface area contributed by atoms with E-state index in [4.69, 9.17) is 4.74 Å². The number of urea groups is 1. The van der Waals surface area contributed by atoms with Gasteiger partial charge in [-0.3, -0.25) is 0 Å². The molecule has 0 saturated carbocycles. The molecule has 1 fully saturated rings. The Morgan fingerprint density at radius 1 is 1.40 bits per heavy atom. The van der Waals surface area contributed by atoms with Gasteiger partial charge < -0.3 is 15.0 Å². The largest absolute Gasteiger partial charge is 0.497 e. The molecule has 1 aliphatic heterocycles. The summed E-state index contributed by atoms with van der Waals surface area (Å²) in [6, 6.07) is 7.68. The highest BCUT2D eigenvalue weighted by Crippen LogP contribution is 2.15. The zero-order chi connectivity index (χ0) is 14.4. The first-order chi connectivity index (χ1) is 9.69. The highest BCUT2D eigenvalue weighted by molar-refractivity contribution is 5.76. The van der Waals surface area contributed by atoms with E-state index in [0.29, 0.717) is 5.92 Å². The van der Waals surface area contributed by atoms with E-state index in [1.165, 1.54) is 6.42 Å². The predicted molar refractivity (Wildman–Crippen MR) is 80.5 cm³/mol. The van der Waals surface area contributed by atoms with E-state index in [1.807, 2.05) is 35.2 Å². The lowest BCUT2D eigenvalue weighted by Gasteiger charge is -2.30. The van der Waals surface area contributed by atoms with E-state index < -0.39 is 0 Å². The first kappa shape index (κ1) is 14.4. The third kappa shape index (κ3) is 4.02. The van der Waals surface area contributed by atoms with Crippen LogP contribution in [0, 0.1) is 5.92 Å². The summed E-state index contributed by atoms with van der Waals surface area (Å²) in [6.45, 7) is 3.89. The number of nitrogens with one attached hydrogen (secondary N) is 1. The highest BCUT2D eigenvalue weighted by Gasteiger charge is 2.19. The van der Waals surface area contributed by atoms with Crippen LogP contribution < -0.4 is 10.1 Å². The summed E-state index contributed by atoms with van der Waals surface area (Å²) in [4.78, 5) is 13.9. The van der Waals surface area contributed by atoms with Crippen molar-refractivity contribution in [1.82, 2.24) is 10.2 Å². The predicted octanol–water partition coefficient (Wildman–Crippen LogP) is 3.11. The highest BCUT2D eigenvalue weighted by atomic mass is 16.5. The zero-order valence-electron chi connectivity index (χ0n) is 12.1. The number of hydrogen-bond donors (Lipinski definition) is 1. The van der Waals surface area contributed by atoms with Crippen molar-refractivity contribution in [2.24, 2.45) is 5.92 Å². The molecule has 1 heterocycles. The first-order valence-corrected chi connectivity index (χ1v) is 7.05. The maximum absolute atomic E-state index is 12.0. The second-order valence-electron chi connectivity index (χ2n) is 5.25. The molecule has 2 amide bonds. The number of rotatable bonds is 3. The molecule has 20 heavy (non-hydrogen) atoms. The van der Waals surface area contributed by atoms with Gasteiger partial charge in [-0.05, 0) is 42.5 Å². The van der Waals surface area contributed by atoms with Crippen molar-refractivity contribution in [2.45, 2.75) is 19.8 Å². The summed E-state index contributed by atoms with van der Waals surface area (Å²) >= 11 is 0. The summed E-state index contributed by atoms with van der Waals surface area (Å²) in [5, 5.41) is 2.83. The van der Waals surface area contributed by atoms with E-state index >= 15 is 0 Å². The topological polar surface area (TPSA) is 41.6 Å². The number of nitrogens with zero attached hydrogens (tertiary/aromatic N) is 1. The summed E-state index contributed by atoms with van der Waals surface area (Å²) < 4.78 is 5.10. The molecule has 1 saturated heterocycles. The molecule has 0 bridgehead atoms. The fraction of sp³-hybridized carbons (Fsp3) is 0.438. The first-order valence-electron chi connectivity index (χ1n) is 7.05. The van der Waals surface area contributed by atoms with Crippen LogP contribution in [0.25, 0.3) is 6.08 Å². The third-order valence-corrected chi connectivity index (χ3v) is 3.54. The van der Waals surface area contributed by atoms with E-state index in [1.54, 1.807) is 13.3 Å². The quantitative estimate of drug-likeness (QED) is 0.920. The molecule has 0 spiro atoms. The van der Waals surface area contributed by atoms with Gasteiger partial charge in [0.2, 0.25) is 0 Å². The van der Waals surface area contributed by atoms with Crippen molar-refractivity contribution in [1.29, 1.82) is 0 Å². The van der Waals surface area contributed by atoms with Crippen LogP contribution in [0.5, 0.6) is 5.75 Å². The number of hydrogen-bond acceptors (Lipinski definition) is 2. The molecule has 1 aromatic rings. The molecule has 4 heteroatoms. The van der Waals surface area contributed by atoms with Crippen molar-refractivity contribution in [3.63, 3.8) is 0 Å². The lowest BCUT2D eigenvalue weighted by Crippen LogP contribution is -2.43. The van der Waals surface area contributed by atoms with Gasteiger partial charge in [0.05, 0.1) is 7.11 Å². The number of carbonyl (C=O) groups excluding carboxylic acids is 1. The summed E-state index contributed by atoms with van der Waals surface area (Å²) in [7, 11) is 1.64. The van der Waals surface area contributed by atoms with Crippen LogP contribution in [-0.4, -0.2) is 31.1 Å². The number of methoxy groups -OCH3 is 1. The van der Waals surface area contributed by atoms with Crippen LogP contribution in [0.1, 0.15) is 25.3 Å². The standard InChI is InChI=1S/C16H22N2O2/c1-13-4-3-11-18(12-13)16(19)17-10-9-14-5-7-15(20-2)8-6-14/h5-10,13H,3-4,11-12H2,1-2H3,(H,17,19)/b10-9+. The van der Waals surface area contributed by atoms with Crippen LogP contribution in [0.2, 0.25) is 0 Å². The Bertz CT molecular complexity index is 468. The molecular weight excluding hydrogens is 252 g/mol. The summed E-state index contributed by atoms with van der Waals surface area (Å²) in [5.74, 6) is 1.42. The van der Waals surface area contributed by atoms with Crippen molar-refractivity contribution in [2.75, 3.05) is 20.2 Å². The fourth-order valence-corrected chi connectivity index (χ4v) is 2.39. The molecule has 1 aromatic carbocycles. The van der Waals surface area contributed by atoms with Crippen LogP contribution in [0.4, 0.5) is 4.79 Å². The van der Waals surface area contributed by atoms with Gasteiger partial charge >= 0.3 is 6.03 Å². The molecular formula is C16H22N2O2. The van der Waals surface area contributed by atoms with Gasteiger partial charge in [-0.1, -0.05) is 19.1 Å². The summed E-state index contributed by atoms with van der Waals surface area (Å²) in [6.07, 6.45) is 5.89. The molecule has 108 valence electrons. The van der Waals surface area contributed by atoms with E-state index in [-0.39, 0.29) is 6.03 Å². The van der Waals surface area contributed by atoms with Gasteiger partial charge in [0.25, 0.3) is 0 Å². The Hall–Kier alpha value is -1.97. The maximum atomic E-state index is 12.0. The monoisotopic (exact) mass is 274 g/mol. The van der Waals surface area contributed by atoms with Crippen LogP contribution in [-0.2, 0) is 0 Å². The van der Waals surface area contributed by atoms with Crippen molar-refractivity contribution in [3.05, 3.63) is 36.0 Å². The summed E-state index contributed by atoms with van der Waals surface area (Å²) in [5.41, 5.74) is 1.03. The Morgan fingerprint density at radius 3 is 2.80 bits per heavy atom. The van der Waals surface area contributed by atoms with Gasteiger partial charge in [0.15, 0.2) is 0 Å². The molecule has 1 aliphatic rings. The minimum atomic E-state index is -0.0127. The Kier molecular flexibility index (Phi) is 5.04. The van der Waals surface area contributed by atoms with Crippen LogP contribution in [0.3, 0.4) is 0 Å². The smallest absolute Gasteiger partial charge is 0.321 e. The molecule has 1 atom stereocenters. The van der Waals surface area contributed by atoms with Gasteiger partial charge in [-0.2, -0.15) is 0 Å². The number of ether oxygens (including phenoxy) is 1. The molecule has 0 radical (unpaired) electrons. The van der Waals surface area contributed by atoms with E-state index in [9.17, 15) is 4.79 Å². The average Bonchev–Trinajstić information content (AvgIpc) is 2.48. The van der Waals surface area contributed by atoms with Gasteiger partial charge in [0, 0.05) is 19.3 Å². The molecule has 1 N–H and O–H groups in total. The molecule has 1 unspecified atom stereocenters. The normalized spacial score (nSPS) is 19.1. The number of piperidine rings is 1. The van der Waals surface area contributed by atoms with Crippen molar-refractivity contribution < 1.29 is 9.53 Å². The van der Waals surface area contributed by atoms with E-state index in [0.717, 1.165) is 30.8 Å². The molecule has 2 rings (SSSR count). The Morgan fingerprint density at radius 2 is 2.15 bits per heavy atom. The minimum Gasteiger partial charge on any atom is -0.497 e. The van der Waals surface area contributed by atoms with Gasteiger partial charge in [-0.25, -0.2) is 4.79 Å². The SMILES string of the molecule is COc1ccc(/C=C/NC(=O)N2CCCC(C)C2)cc1. The van der Waals surface area contributed by atoms with E-state index in [2.05, 4.69) is 12.2 Å². The zero-order valence-corrected chi connectivity index (χ0v) is 12.1. The molecule has 0 aromatic heterocycles. The Labute approximate surface area is 120 Å². The molecule has 0 aliphatic carbocycles. The minimum absolute atomic E-state index is 0.0127. The lowest BCUT2D eigenvalue weighted by atomic mass is 10.0. The second kappa shape index (κ2) is 6.98. The maximum Gasteiger partial charge on any atom is 0.321 e. The van der Waals surface area contributed by atoms with Crippen molar-refractivity contribution in [3.8, 4) is 5.75 Å². The molecule has 4 nitrogen and oxygen atoms in total. The van der Waals surface area contributed by atoms with Gasteiger partial charge in [-0.15, -0.1) is 0 Å². The third-order valence-electron chi connectivity index (χ3n) is 3.54. The van der Waals surface area contributed by atoms with Crippen LogP contribution >= 0.6 is 0 Å². The number of benzene rings is 1. The fourth-order valence-electron chi connectivity index (χ4n) is 2.39. The van der Waals surface area contributed by atoms with Crippen molar-refractivity contribution >= 4 is 12.1 Å². The number of amides is 2. The lowest BCUT2D eigenvalue weighted by molar-refractivity contribution is 0.173. The van der Waals surface area contributed by atoms with Crippen LogP contribution in [0.15, 0.2) is 30.5 Å². The number of carbonyl (C=O) groups is 1. The average molecular weight is 274 g/mol. The van der Waals surface area contributed by atoms with Gasteiger partial charge in [0.1, 0.15) is 5.75 Å². The number of likely N-dealkylation sites (tertiary alicyclic amines) is 1. The Balaban J connectivity index is 1.84.